The van der Waals surface area contributed by atoms with Gasteiger partial charge in [-0.1, -0.05) is 0 Å². The molecule has 2 aromatic carbocycles. The fraction of sp³-hybridized carbons (Fsp3) is 0.238. The minimum absolute atomic E-state index is 0.300. The smallest absolute Gasteiger partial charge is 0.338 e. The molecule has 0 fully saturated rings. The van der Waals surface area contributed by atoms with Crippen LogP contribution in [0.3, 0.4) is 0 Å². The van der Waals surface area contributed by atoms with E-state index in [-0.39, 0.29) is 0 Å². The van der Waals surface area contributed by atoms with Gasteiger partial charge in [-0.25, -0.2) is 14.8 Å². The molecule has 0 saturated heterocycles. The Balaban J connectivity index is 1.63. The van der Waals surface area contributed by atoms with Crippen LogP contribution >= 0.6 is 0 Å². The lowest BCUT2D eigenvalue weighted by atomic mass is 10.2. The number of esters is 1. The maximum atomic E-state index is 12.3. The van der Waals surface area contributed by atoms with Crippen LogP contribution in [0.15, 0.2) is 36.4 Å². The number of nitrogens with one attached hydrogen (secondary N) is 1. The Labute approximate surface area is 167 Å². The summed E-state index contributed by atoms with van der Waals surface area (Å²) in [6.45, 7) is 3.30. The van der Waals surface area contributed by atoms with Crippen LogP contribution in [0.25, 0.3) is 11.0 Å². The zero-order valence-electron chi connectivity index (χ0n) is 16.6. The molecule has 1 N–H and O–H groups in total. The number of carbonyl (C=O) groups is 2. The van der Waals surface area contributed by atoms with Gasteiger partial charge >= 0.3 is 5.97 Å². The lowest BCUT2D eigenvalue weighted by Gasteiger charge is -2.11. The van der Waals surface area contributed by atoms with E-state index in [4.69, 9.17) is 14.2 Å². The number of aryl methyl sites for hydroxylation is 2. The van der Waals surface area contributed by atoms with Gasteiger partial charge in [0.25, 0.3) is 5.91 Å². The average Bonchev–Trinajstić information content (AvgIpc) is 2.72. The molecular formula is C21H21N3O5. The number of anilines is 1. The Morgan fingerprint density at radius 3 is 2.28 bits per heavy atom. The number of aromatic nitrogens is 2. The number of benzene rings is 2. The third-order valence-electron chi connectivity index (χ3n) is 4.31. The van der Waals surface area contributed by atoms with E-state index in [9.17, 15) is 9.59 Å². The van der Waals surface area contributed by atoms with Gasteiger partial charge in [-0.15, -0.1) is 0 Å². The van der Waals surface area contributed by atoms with Crippen LogP contribution in [0.1, 0.15) is 21.7 Å². The maximum Gasteiger partial charge on any atom is 0.338 e. The van der Waals surface area contributed by atoms with Crippen LogP contribution in [0.5, 0.6) is 11.5 Å². The summed E-state index contributed by atoms with van der Waals surface area (Å²) < 4.78 is 15.5. The highest BCUT2D eigenvalue weighted by Gasteiger charge is 2.13. The molecule has 8 heteroatoms. The standard InChI is InChI=1S/C21H21N3O5/c1-12-13(2)23-17-9-14(5-7-16(17)22-12)21(26)29-11-20(25)24-15-6-8-18(27-3)19(10-15)28-4/h5-10H,11H2,1-4H3,(H,24,25). The molecule has 3 aromatic rings. The van der Waals surface area contributed by atoms with Gasteiger partial charge in [0.1, 0.15) is 0 Å². The first-order chi connectivity index (χ1) is 13.9. The number of rotatable bonds is 6. The molecule has 0 saturated carbocycles. The summed E-state index contributed by atoms with van der Waals surface area (Å²) in [6, 6.07) is 9.84. The summed E-state index contributed by atoms with van der Waals surface area (Å²) in [4.78, 5) is 33.3. The van der Waals surface area contributed by atoms with Crippen molar-refractivity contribution < 1.29 is 23.8 Å². The van der Waals surface area contributed by atoms with Crippen LogP contribution in [0.2, 0.25) is 0 Å². The molecule has 0 aliphatic rings. The van der Waals surface area contributed by atoms with E-state index in [2.05, 4.69) is 15.3 Å². The van der Waals surface area contributed by atoms with Crippen molar-refractivity contribution in [3.63, 3.8) is 0 Å². The fourth-order valence-electron chi connectivity index (χ4n) is 2.68. The number of carbonyl (C=O) groups excluding carboxylic acids is 2. The van der Waals surface area contributed by atoms with Gasteiger partial charge in [0.15, 0.2) is 18.1 Å². The number of hydrogen-bond donors (Lipinski definition) is 1. The molecule has 0 unspecified atom stereocenters. The van der Waals surface area contributed by atoms with E-state index < -0.39 is 18.5 Å². The van der Waals surface area contributed by atoms with Crippen molar-refractivity contribution in [2.45, 2.75) is 13.8 Å². The third-order valence-corrected chi connectivity index (χ3v) is 4.31. The Hall–Kier alpha value is -3.68. The van der Waals surface area contributed by atoms with Crippen molar-refractivity contribution in [2.75, 3.05) is 26.1 Å². The second-order valence-corrected chi connectivity index (χ2v) is 6.29. The number of hydrogen-bond acceptors (Lipinski definition) is 7. The molecule has 0 bridgehead atoms. The van der Waals surface area contributed by atoms with Crippen LogP contribution in [0.4, 0.5) is 5.69 Å². The number of methoxy groups -OCH3 is 2. The molecule has 0 spiro atoms. The molecule has 8 nitrogen and oxygen atoms in total. The van der Waals surface area contributed by atoms with Crippen molar-refractivity contribution in [1.82, 2.24) is 9.97 Å². The van der Waals surface area contributed by atoms with E-state index in [1.807, 2.05) is 13.8 Å². The molecule has 1 heterocycles. The summed E-state index contributed by atoms with van der Waals surface area (Å²) in [5.74, 6) is -0.0705. The van der Waals surface area contributed by atoms with Gasteiger partial charge in [-0.3, -0.25) is 4.79 Å². The predicted molar refractivity (Wildman–Crippen MR) is 107 cm³/mol. The molecular weight excluding hydrogens is 374 g/mol. The molecule has 0 radical (unpaired) electrons. The van der Waals surface area contributed by atoms with Crippen LogP contribution in [0, 0.1) is 13.8 Å². The second kappa shape index (κ2) is 8.55. The number of nitrogens with zero attached hydrogens (tertiary/aromatic N) is 2. The van der Waals surface area contributed by atoms with E-state index in [0.29, 0.717) is 33.8 Å². The van der Waals surface area contributed by atoms with Gasteiger partial charge in [-0.05, 0) is 44.2 Å². The predicted octanol–water partition coefficient (Wildman–Crippen LogP) is 3.06. The van der Waals surface area contributed by atoms with Crippen LogP contribution in [-0.4, -0.2) is 42.7 Å². The number of fused-ring (bicyclic) bond motifs is 1. The lowest BCUT2D eigenvalue weighted by molar-refractivity contribution is -0.119. The molecule has 3 rings (SSSR count). The zero-order chi connectivity index (χ0) is 21.0. The summed E-state index contributed by atoms with van der Waals surface area (Å²) >= 11 is 0. The minimum atomic E-state index is -0.616. The summed E-state index contributed by atoms with van der Waals surface area (Å²) in [5.41, 5.74) is 3.70. The molecule has 0 atom stereocenters. The van der Waals surface area contributed by atoms with Gasteiger partial charge < -0.3 is 19.5 Å². The van der Waals surface area contributed by atoms with Crippen LogP contribution < -0.4 is 14.8 Å². The van der Waals surface area contributed by atoms with Gasteiger partial charge in [-0.2, -0.15) is 0 Å². The van der Waals surface area contributed by atoms with E-state index in [1.54, 1.807) is 36.4 Å². The molecule has 29 heavy (non-hydrogen) atoms. The Bertz CT molecular complexity index is 1080. The monoisotopic (exact) mass is 395 g/mol. The second-order valence-electron chi connectivity index (χ2n) is 6.29. The van der Waals surface area contributed by atoms with Crippen molar-refractivity contribution in [3.8, 4) is 11.5 Å². The molecule has 1 amide bonds. The first kappa shape index (κ1) is 20.1. The molecule has 0 aliphatic carbocycles. The highest BCUT2D eigenvalue weighted by atomic mass is 16.5. The van der Waals surface area contributed by atoms with Crippen molar-refractivity contribution >= 4 is 28.6 Å². The van der Waals surface area contributed by atoms with Gasteiger partial charge in [0.05, 0.1) is 42.2 Å². The van der Waals surface area contributed by atoms with Gasteiger partial charge in [0, 0.05) is 11.8 Å². The lowest BCUT2D eigenvalue weighted by Crippen LogP contribution is -2.21. The molecule has 1 aromatic heterocycles. The highest BCUT2D eigenvalue weighted by molar-refractivity contribution is 5.97. The number of amides is 1. The molecule has 0 aliphatic heterocycles. The van der Waals surface area contributed by atoms with E-state index in [1.165, 1.54) is 14.2 Å². The maximum absolute atomic E-state index is 12.3. The van der Waals surface area contributed by atoms with Crippen LogP contribution in [-0.2, 0) is 9.53 Å². The molecule has 150 valence electrons. The third kappa shape index (κ3) is 4.60. The van der Waals surface area contributed by atoms with E-state index in [0.717, 1.165) is 11.4 Å². The first-order valence-electron chi connectivity index (χ1n) is 8.85. The van der Waals surface area contributed by atoms with Crippen molar-refractivity contribution in [2.24, 2.45) is 0 Å². The summed E-state index contributed by atoms with van der Waals surface area (Å²) in [6.07, 6.45) is 0. The fourth-order valence-corrected chi connectivity index (χ4v) is 2.68. The average molecular weight is 395 g/mol. The normalized spacial score (nSPS) is 10.5. The first-order valence-corrected chi connectivity index (χ1v) is 8.85. The highest BCUT2D eigenvalue weighted by Crippen LogP contribution is 2.29. The quantitative estimate of drug-likeness (QED) is 0.640. The van der Waals surface area contributed by atoms with Gasteiger partial charge in [0.2, 0.25) is 0 Å². The Morgan fingerprint density at radius 1 is 0.897 bits per heavy atom. The summed E-state index contributed by atoms with van der Waals surface area (Å²) in [7, 11) is 3.03. The topological polar surface area (TPSA) is 99.6 Å². The Morgan fingerprint density at radius 2 is 1.59 bits per heavy atom. The van der Waals surface area contributed by atoms with Crippen molar-refractivity contribution in [3.05, 3.63) is 53.3 Å². The Kier molecular flexibility index (Phi) is 5.92. The minimum Gasteiger partial charge on any atom is -0.493 e. The zero-order valence-corrected chi connectivity index (χ0v) is 16.6. The summed E-state index contributed by atoms with van der Waals surface area (Å²) in [5, 5.41) is 2.64. The SMILES string of the molecule is COc1ccc(NC(=O)COC(=O)c2ccc3nc(C)c(C)nc3c2)cc1OC. The van der Waals surface area contributed by atoms with Crippen molar-refractivity contribution in [1.29, 1.82) is 0 Å². The van der Waals surface area contributed by atoms with E-state index >= 15 is 0 Å². The number of ether oxygens (including phenoxy) is 3. The largest absolute Gasteiger partial charge is 0.493 e.